The third-order valence-electron chi connectivity index (χ3n) is 2.51. The molecule has 1 amide bonds. The van der Waals surface area contributed by atoms with Crippen LogP contribution >= 0.6 is 12.6 Å². The molecule has 0 spiro atoms. The molecule has 1 aliphatic heterocycles. The minimum absolute atomic E-state index is 0.0187. The first-order valence-electron chi connectivity index (χ1n) is 5.12. The number of ether oxygens (including phenoxy) is 1. The van der Waals surface area contributed by atoms with Crippen LogP contribution in [0.25, 0.3) is 0 Å². The van der Waals surface area contributed by atoms with Crippen LogP contribution in [0.15, 0.2) is 18.2 Å². The number of benzene rings is 1. The Kier molecular flexibility index (Phi) is 3.24. The van der Waals surface area contributed by atoms with E-state index >= 15 is 0 Å². The van der Waals surface area contributed by atoms with E-state index in [0.29, 0.717) is 12.3 Å². The molecule has 2 rings (SSSR count). The molecule has 1 N–H and O–H groups in total. The van der Waals surface area contributed by atoms with Crippen LogP contribution in [0.1, 0.15) is 0 Å². The van der Waals surface area contributed by atoms with E-state index in [1.54, 1.807) is 4.90 Å². The van der Waals surface area contributed by atoms with Crippen molar-refractivity contribution >= 4 is 29.9 Å². The highest BCUT2D eigenvalue weighted by Gasteiger charge is 2.24. The quantitative estimate of drug-likeness (QED) is 0.782. The van der Waals surface area contributed by atoms with Crippen molar-refractivity contribution in [2.24, 2.45) is 0 Å². The van der Waals surface area contributed by atoms with Crippen LogP contribution < -0.4 is 15.0 Å². The molecule has 0 atom stereocenters. The Balaban J connectivity index is 2.39. The maximum Gasteiger partial charge on any atom is 0.265 e. The number of hydrogen-bond donors (Lipinski definition) is 2. The van der Waals surface area contributed by atoms with Crippen LogP contribution in [-0.2, 0) is 4.79 Å². The Labute approximate surface area is 100.0 Å². The number of carbonyl (C=O) groups is 1. The molecule has 1 aromatic carbocycles. The van der Waals surface area contributed by atoms with Crippen molar-refractivity contribution in [3.05, 3.63) is 18.2 Å². The molecule has 0 unspecified atom stereocenters. The molecule has 86 valence electrons. The van der Waals surface area contributed by atoms with E-state index in [9.17, 15) is 4.79 Å². The van der Waals surface area contributed by atoms with Gasteiger partial charge in [-0.1, -0.05) is 0 Å². The van der Waals surface area contributed by atoms with Crippen LogP contribution in [0.3, 0.4) is 0 Å². The summed E-state index contributed by atoms with van der Waals surface area (Å²) in [6.07, 6.45) is 0. The van der Waals surface area contributed by atoms with Gasteiger partial charge in [0.1, 0.15) is 5.75 Å². The molecule has 1 heterocycles. The summed E-state index contributed by atoms with van der Waals surface area (Å²) in [5, 5.41) is 3.04. The second-order valence-corrected chi connectivity index (χ2v) is 3.94. The van der Waals surface area contributed by atoms with Crippen LogP contribution in [0.5, 0.6) is 5.75 Å². The molecule has 1 aliphatic rings. The minimum Gasteiger partial charge on any atom is -0.482 e. The topological polar surface area (TPSA) is 41.6 Å². The van der Waals surface area contributed by atoms with Crippen LogP contribution in [0.4, 0.5) is 11.4 Å². The monoisotopic (exact) mass is 238 g/mol. The number of anilines is 2. The van der Waals surface area contributed by atoms with Crippen LogP contribution in [-0.4, -0.2) is 31.9 Å². The van der Waals surface area contributed by atoms with E-state index in [1.807, 2.05) is 25.2 Å². The first-order chi connectivity index (χ1) is 7.76. The lowest BCUT2D eigenvalue weighted by Crippen LogP contribution is -2.40. The van der Waals surface area contributed by atoms with E-state index in [4.69, 9.17) is 4.74 Å². The third kappa shape index (κ3) is 1.95. The highest BCUT2D eigenvalue weighted by Crippen LogP contribution is 2.34. The molecule has 0 radical (unpaired) electrons. The molecule has 0 fully saturated rings. The maximum atomic E-state index is 11.7. The molecule has 0 saturated carbocycles. The van der Waals surface area contributed by atoms with E-state index in [1.165, 1.54) is 0 Å². The smallest absolute Gasteiger partial charge is 0.265 e. The maximum absolute atomic E-state index is 11.7. The Morgan fingerprint density at radius 1 is 1.56 bits per heavy atom. The highest BCUT2D eigenvalue weighted by atomic mass is 32.1. The zero-order chi connectivity index (χ0) is 11.5. The van der Waals surface area contributed by atoms with E-state index in [-0.39, 0.29) is 12.5 Å². The van der Waals surface area contributed by atoms with Gasteiger partial charge in [-0.05, 0) is 18.2 Å². The van der Waals surface area contributed by atoms with Gasteiger partial charge in [-0.15, -0.1) is 0 Å². The number of fused-ring (bicyclic) bond motifs is 1. The van der Waals surface area contributed by atoms with Crippen molar-refractivity contribution in [3.63, 3.8) is 0 Å². The van der Waals surface area contributed by atoms with Gasteiger partial charge in [-0.3, -0.25) is 4.79 Å². The zero-order valence-electron chi connectivity index (χ0n) is 9.06. The molecule has 0 aliphatic carbocycles. The summed E-state index contributed by atoms with van der Waals surface area (Å²) >= 11 is 4.16. The molecular weight excluding hydrogens is 224 g/mol. The second-order valence-electron chi connectivity index (χ2n) is 3.49. The largest absolute Gasteiger partial charge is 0.482 e. The van der Waals surface area contributed by atoms with Crippen molar-refractivity contribution in [2.75, 3.05) is 36.2 Å². The fourth-order valence-corrected chi connectivity index (χ4v) is 1.90. The summed E-state index contributed by atoms with van der Waals surface area (Å²) in [6.45, 7) is 0.713. The molecule has 0 saturated heterocycles. The minimum atomic E-state index is -0.0187. The summed E-state index contributed by atoms with van der Waals surface area (Å²) in [6, 6.07) is 5.71. The van der Waals surface area contributed by atoms with Crippen molar-refractivity contribution in [1.82, 2.24) is 0 Å². The summed E-state index contributed by atoms with van der Waals surface area (Å²) in [4.78, 5) is 13.4. The lowest BCUT2D eigenvalue weighted by molar-refractivity contribution is -0.121. The Morgan fingerprint density at radius 3 is 3.06 bits per heavy atom. The number of carbonyl (C=O) groups excluding carboxylic acids is 1. The number of hydrogen-bond acceptors (Lipinski definition) is 4. The lowest BCUT2D eigenvalue weighted by Gasteiger charge is -2.29. The van der Waals surface area contributed by atoms with Gasteiger partial charge in [0.25, 0.3) is 5.91 Å². The standard InChI is InChI=1S/C11H14N2O2S/c1-12-8-2-3-10-9(6-8)13(4-5-16)11(14)7-15-10/h2-3,6,12,16H,4-5,7H2,1H3. The highest BCUT2D eigenvalue weighted by molar-refractivity contribution is 7.80. The first-order valence-corrected chi connectivity index (χ1v) is 5.75. The van der Waals surface area contributed by atoms with Gasteiger partial charge in [0.2, 0.25) is 0 Å². The average molecular weight is 238 g/mol. The number of thiol groups is 1. The Bertz CT molecular complexity index is 409. The summed E-state index contributed by atoms with van der Waals surface area (Å²) < 4.78 is 5.37. The zero-order valence-corrected chi connectivity index (χ0v) is 9.96. The van der Waals surface area contributed by atoms with Gasteiger partial charge >= 0.3 is 0 Å². The molecule has 5 heteroatoms. The van der Waals surface area contributed by atoms with Crippen LogP contribution in [0, 0.1) is 0 Å². The van der Waals surface area contributed by atoms with Gasteiger partial charge < -0.3 is 15.0 Å². The first kappa shape index (κ1) is 11.1. The molecule has 16 heavy (non-hydrogen) atoms. The predicted molar refractivity (Wildman–Crippen MR) is 67.7 cm³/mol. The SMILES string of the molecule is CNc1ccc2c(c1)N(CCS)C(=O)CO2. The van der Waals surface area contributed by atoms with Crippen LogP contribution in [0.2, 0.25) is 0 Å². The Hall–Kier alpha value is -1.36. The molecule has 0 aromatic heterocycles. The van der Waals surface area contributed by atoms with Crippen molar-refractivity contribution in [3.8, 4) is 5.75 Å². The number of rotatable bonds is 3. The van der Waals surface area contributed by atoms with Gasteiger partial charge in [0.15, 0.2) is 6.61 Å². The van der Waals surface area contributed by atoms with E-state index < -0.39 is 0 Å². The predicted octanol–water partition coefficient (Wildman–Crippen LogP) is 1.38. The van der Waals surface area contributed by atoms with Crippen molar-refractivity contribution in [1.29, 1.82) is 0 Å². The van der Waals surface area contributed by atoms with E-state index in [0.717, 1.165) is 17.1 Å². The average Bonchev–Trinajstić information content (AvgIpc) is 2.32. The van der Waals surface area contributed by atoms with Crippen molar-refractivity contribution < 1.29 is 9.53 Å². The van der Waals surface area contributed by atoms with Crippen molar-refractivity contribution in [2.45, 2.75) is 0 Å². The van der Waals surface area contributed by atoms with E-state index in [2.05, 4.69) is 17.9 Å². The number of nitrogens with one attached hydrogen (secondary N) is 1. The van der Waals surface area contributed by atoms with Gasteiger partial charge in [-0.2, -0.15) is 12.6 Å². The van der Waals surface area contributed by atoms with Gasteiger partial charge in [0, 0.05) is 25.0 Å². The van der Waals surface area contributed by atoms with Gasteiger partial charge in [-0.25, -0.2) is 0 Å². The fraction of sp³-hybridized carbons (Fsp3) is 0.364. The summed E-state index contributed by atoms with van der Waals surface area (Å²) in [5.41, 5.74) is 1.78. The number of nitrogens with zero attached hydrogens (tertiary/aromatic N) is 1. The Morgan fingerprint density at radius 2 is 2.38 bits per heavy atom. The molecule has 0 bridgehead atoms. The molecule has 1 aromatic rings. The molecule has 4 nitrogen and oxygen atoms in total. The summed E-state index contributed by atoms with van der Waals surface area (Å²) in [5.74, 6) is 1.37. The lowest BCUT2D eigenvalue weighted by atomic mass is 10.2. The van der Waals surface area contributed by atoms with Gasteiger partial charge in [0.05, 0.1) is 5.69 Å². The fourth-order valence-electron chi connectivity index (χ4n) is 1.70. The molecular formula is C11H14N2O2S. The third-order valence-corrected chi connectivity index (χ3v) is 2.71. The summed E-state index contributed by atoms with van der Waals surface area (Å²) in [7, 11) is 1.84. The number of amides is 1. The second kappa shape index (κ2) is 4.65. The normalized spacial score (nSPS) is 14.4.